The number of carbonyl (C=O) groups is 1. The fraction of sp³-hybridized carbons (Fsp3) is 0.333. The van der Waals surface area contributed by atoms with Crippen LogP contribution in [0.15, 0.2) is 29.1 Å². The number of nitrogens with one attached hydrogen (secondary N) is 2. The molecule has 0 radical (unpaired) electrons. The molecule has 2 aromatic rings. The Hall–Kier alpha value is -2.15. The summed E-state index contributed by atoms with van der Waals surface area (Å²) in [7, 11) is 0. The van der Waals surface area contributed by atoms with Crippen molar-refractivity contribution < 1.29 is 13.9 Å². The van der Waals surface area contributed by atoms with Crippen LogP contribution in [0.2, 0.25) is 0 Å². The van der Waals surface area contributed by atoms with E-state index in [9.17, 15) is 9.18 Å². The van der Waals surface area contributed by atoms with E-state index in [1.807, 2.05) is 5.38 Å². The molecule has 5 nitrogen and oxygen atoms in total. The highest BCUT2D eigenvalue weighted by molar-refractivity contribution is 7.07. The number of ether oxygens (including phenoxy) is 1. The summed E-state index contributed by atoms with van der Waals surface area (Å²) < 4.78 is 18.6. The van der Waals surface area contributed by atoms with Gasteiger partial charge < -0.3 is 10.1 Å². The fourth-order valence-corrected chi connectivity index (χ4v) is 2.25. The van der Waals surface area contributed by atoms with Gasteiger partial charge in [0.15, 0.2) is 0 Å². The summed E-state index contributed by atoms with van der Waals surface area (Å²) >= 11 is 1.48. The predicted octanol–water partition coefficient (Wildman–Crippen LogP) is 4.24. The minimum Gasteiger partial charge on any atom is -0.444 e. The maximum atomic E-state index is 13.4. The standard InChI is InChI=1S/C15H18FN3O2S/c1-15(2,3)21-14(20)19-12-5-4-10(16)6-13(12)17-7-11-8-22-9-18-11/h4-6,8-9,17H,7H2,1-3H3,(H,19,20). The molecule has 1 heterocycles. The Balaban J connectivity index is 2.08. The summed E-state index contributed by atoms with van der Waals surface area (Å²) in [5.41, 5.74) is 2.89. The molecule has 0 aliphatic heterocycles. The number of benzene rings is 1. The molecule has 118 valence electrons. The second-order valence-electron chi connectivity index (χ2n) is 5.65. The molecule has 0 saturated heterocycles. The fourth-order valence-electron chi connectivity index (χ4n) is 1.70. The van der Waals surface area contributed by atoms with Crippen LogP contribution in [0.3, 0.4) is 0 Å². The van der Waals surface area contributed by atoms with E-state index in [4.69, 9.17) is 4.74 Å². The number of amides is 1. The van der Waals surface area contributed by atoms with Gasteiger partial charge in [-0.05, 0) is 39.0 Å². The van der Waals surface area contributed by atoms with Crippen molar-refractivity contribution in [3.63, 3.8) is 0 Å². The minimum absolute atomic E-state index is 0.393. The summed E-state index contributed by atoms with van der Waals surface area (Å²) in [6.07, 6.45) is -0.587. The van der Waals surface area contributed by atoms with Gasteiger partial charge in [-0.15, -0.1) is 11.3 Å². The number of hydrogen-bond acceptors (Lipinski definition) is 5. The first-order chi connectivity index (χ1) is 10.3. The lowest BCUT2D eigenvalue weighted by Crippen LogP contribution is -2.27. The second-order valence-corrected chi connectivity index (χ2v) is 6.37. The van der Waals surface area contributed by atoms with Crippen LogP contribution in [0, 0.1) is 5.82 Å². The van der Waals surface area contributed by atoms with Crippen LogP contribution in [0.1, 0.15) is 26.5 Å². The van der Waals surface area contributed by atoms with Gasteiger partial charge in [0, 0.05) is 5.38 Å². The van der Waals surface area contributed by atoms with Crippen molar-refractivity contribution in [3.05, 3.63) is 40.6 Å². The Morgan fingerprint density at radius 2 is 2.14 bits per heavy atom. The normalized spacial score (nSPS) is 11.1. The van der Waals surface area contributed by atoms with Gasteiger partial charge in [0.05, 0.1) is 29.1 Å². The van der Waals surface area contributed by atoms with Crippen LogP contribution < -0.4 is 10.6 Å². The van der Waals surface area contributed by atoms with E-state index < -0.39 is 17.5 Å². The third-order valence-electron chi connectivity index (χ3n) is 2.56. The number of carbonyl (C=O) groups excluding carboxylic acids is 1. The Labute approximate surface area is 132 Å². The summed E-state index contributed by atoms with van der Waals surface area (Å²) in [5, 5.41) is 7.57. The van der Waals surface area contributed by atoms with Crippen molar-refractivity contribution in [1.82, 2.24) is 4.98 Å². The molecule has 2 rings (SSSR count). The van der Waals surface area contributed by atoms with E-state index in [0.29, 0.717) is 17.9 Å². The third kappa shape index (κ3) is 5.00. The van der Waals surface area contributed by atoms with Crippen molar-refractivity contribution >= 4 is 28.8 Å². The molecule has 0 fully saturated rings. The SMILES string of the molecule is CC(C)(C)OC(=O)Nc1ccc(F)cc1NCc1cscn1. The van der Waals surface area contributed by atoms with E-state index in [-0.39, 0.29) is 0 Å². The summed E-state index contributed by atoms with van der Waals surface area (Å²) in [6.45, 7) is 5.77. The number of nitrogens with zero attached hydrogens (tertiary/aromatic N) is 1. The predicted molar refractivity (Wildman–Crippen MR) is 85.7 cm³/mol. The molecule has 0 unspecified atom stereocenters. The van der Waals surface area contributed by atoms with Crippen molar-refractivity contribution in [2.24, 2.45) is 0 Å². The first-order valence-electron chi connectivity index (χ1n) is 6.74. The molecule has 22 heavy (non-hydrogen) atoms. The number of rotatable bonds is 4. The van der Waals surface area contributed by atoms with Crippen molar-refractivity contribution in [2.45, 2.75) is 32.9 Å². The van der Waals surface area contributed by atoms with Crippen LogP contribution in [0.5, 0.6) is 0 Å². The Kier molecular flexibility index (Phi) is 4.97. The molecule has 1 amide bonds. The van der Waals surface area contributed by atoms with Gasteiger partial charge in [0.25, 0.3) is 0 Å². The first-order valence-corrected chi connectivity index (χ1v) is 7.68. The lowest BCUT2D eigenvalue weighted by molar-refractivity contribution is 0.0636. The molecule has 0 aliphatic carbocycles. The minimum atomic E-state index is -0.599. The molecule has 0 atom stereocenters. The van der Waals surface area contributed by atoms with Gasteiger partial charge in [-0.2, -0.15) is 0 Å². The van der Waals surface area contributed by atoms with Crippen molar-refractivity contribution in [3.8, 4) is 0 Å². The molecule has 7 heteroatoms. The van der Waals surface area contributed by atoms with Crippen LogP contribution in [-0.4, -0.2) is 16.7 Å². The maximum Gasteiger partial charge on any atom is 0.412 e. The first kappa shape index (κ1) is 16.2. The maximum absolute atomic E-state index is 13.4. The van der Waals surface area contributed by atoms with E-state index in [0.717, 1.165) is 5.69 Å². The quantitative estimate of drug-likeness (QED) is 0.883. The number of hydrogen-bond donors (Lipinski definition) is 2. The van der Waals surface area contributed by atoms with Gasteiger partial charge in [0.1, 0.15) is 11.4 Å². The van der Waals surface area contributed by atoms with Gasteiger partial charge in [-0.25, -0.2) is 14.2 Å². The highest BCUT2D eigenvalue weighted by atomic mass is 32.1. The van der Waals surface area contributed by atoms with E-state index in [2.05, 4.69) is 15.6 Å². The molecule has 2 N–H and O–H groups in total. The molecule has 1 aromatic heterocycles. The molecule has 0 saturated carbocycles. The summed E-state index contributed by atoms with van der Waals surface area (Å²) in [5.74, 6) is -0.393. The average Bonchev–Trinajstić information content (AvgIpc) is 2.90. The van der Waals surface area contributed by atoms with E-state index in [1.54, 1.807) is 26.3 Å². The van der Waals surface area contributed by atoms with Crippen molar-refractivity contribution in [1.29, 1.82) is 0 Å². The summed E-state index contributed by atoms with van der Waals surface area (Å²) in [6, 6.07) is 4.09. The van der Waals surface area contributed by atoms with Gasteiger partial charge in [-0.1, -0.05) is 0 Å². The van der Waals surface area contributed by atoms with Crippen LogP contribution in [0.25, 0.3) is 0 Å². The number of aromatic nitrogens is 1. The average molecular weight is 323 g/mol. The van der Waals surface area contributed by atoms with E-state index >= 15 is 0 Å². The lowest BCUT2D eigenvalue weighted by atomic mass is 10.2. The van der Waals surface area contributed by atoms with Crippen LogP contribution >= 0.6 is 11.3 Å². The third-order valence-corrected chi connectivity index (χ3v) is 3.20. The second kappa shape index (κ2) is 6.74. The zero-order valence-electron chi connectivity index (χ0n) is 12.6. The molecule has 0 aliphatic rings. The largest absolute Gasteiger partial charge is 0.444 e. The zero-order valence-corrected chi connectivity index (χ0v) is 13.5. The van der Waals surface area contributed by atoms with Crippen LogP contribution in [-0.2, 0) is 11.3 Å². The highest BCUT2D eigenvalue weighted by Gasteiger charge is 2.17. The summed E-state index contributed by atoms with van der Waals surface area (Å²) in [4.78, 5) is 16.0. The molecule has 1 aromatic carbocycles. The Morgan fingerprint density at radius 3 is 2.77 bits per heavy atom. The number of thiazole rings is 1. The smallest absolute Gasteiger partial charge is 0.412 e. The van der Waals surface area contributed by atoms with Crippen molar-refractivity contribution in [2.75, 3.05) is 10.6 Å². The monoisotopic (exact) mass is 323 g/mol. The number of halogens is 1. The van der Waals surface area contributed by atoms with E-state index in [1.165, 1.54) is 29.5 Å². The highest BCUT2D eigenvalue weighted by Crippen LogP contribution is 2.24. The molecular weight excluding hydrogens is 305 g/mol. The Bertz CT molecular complexity index is 639. The van der Waals surface area contributed by atoms with Crippen LogP contribution in [0.4, 0.5) is 20.6 Å². The molecular formula is C15H18FN3O2S. The Morgan fingerprint density at radius 1 is 1.36 bits per heavy atom. The lowest BCUT2D eigenvalue weighted by Gasteiger charge is -2.20. The topological polar surface area (TPSA) is 63.2 Å². The van der Waals surface area contributed by atoms with Gasteiger partial charge in [0.2, 0.25) is 0 Å². The zero-order chi connectivity index (χ0) is 16.2. The van der Waals surface area contributed by atoms with Gasteiger partial charge >= 0.3 is 6.09 Å². The molecule has 0 spiro atoms. The molecule has 0 bridgehead atoms. The van der Waals surface area contributed by atoms with Gasteiger partial charge in [-0.3, -0.25) is 5.32 Å². The number of anilines is 2.